The third kappa shape index (κ3) is 3.39. The minimum absolute atomic E-state index is 0.0224. The van der Waals surface area contributed by atoms with Crippen LogP contribution in [0.25, 0.3) is 0 Å². The number of nitrogens with zero attached hydrogens (tertiary/aromatic N) is 2. The number of benzodiazepines with no additional fused rings is 1. The minimum Gasteiger partial charge on any atom is -0.367 e. The van der Waals surface area contributed by atoms with Crippen LogP contribution in [0, 0.1) is 6.92 Å². The molecule has 2 heterocycles. The quantitative estimate of drug-likeness (QED) is 0.688. The highest BCUT2D eigenvalue weighted by Crippen LogP contribution is 2.29. The van der Waals surface area contributed by atoms with Crippen molar-refractivity contribution in [1.29, 1.82) is 0 Å². The normalized spacial score (nSPS) is 17.5. The van der Waals surface area contributed by atoms with Gasteiger partial charge in [-0.1, -0.05) is 48.5 Å². The van der Waals surface area contributed by atoms with E-state index >= 15 is 0 Å². The number of carbonyl (C=O) groups excluding carboxylic acids is 1. The summed E-state index contributed by atoms with van der Waals surface area (Å²) in [5, 5.41) is 0. The molecule has 0 saturated heterocycles. The Labute approximate surface area is 169 Å². The summed E-state index contributed by atoms with van der Waals surface area (Å²) in [6, 6.07) is 21.3. The lowest BCUT2D eigenvalue weighted by molar-refractivity contribution is 0.0954. The highest BCUT2D eigenvalue weighted by molar-refractivity contribution is 7.14. The Kier molecular flexibility index (Phi) is 5.11. The first-order valence-corrected chi connectivity index (χ1v) is 10.2. The Morgan fingerprint density at radius 1 is 1.11 bits per heavy atom. The minimum atomic E-state index is -0.644. The SMILES string of the molecule is Cc1ccc(C(=O)C(N)C2CN=C(c3ccccc3)c3ccccc3N2C)s1. The Balaban J connectivity index is 1.73. The highest BCUT2D eigenvalue weighted by Gasteiger charge is 2.32. The van der Waals surface area contributed by atoms with Crippen LogP contribution in [0.3, 0.4) is 0 Å². The number of ketones is 1. The van der Waals surface area contributed by atoms with Gasteiger partial charge in [0.05, 0.1) is 29.2 Å². The molecule has 4 nitrogen and oxygen atoms in total. The van der Waals surface area contributed by atoms with Crippen molar-refractivity contribution in [3.63, 3.8) is 0 Å². The highest BCUT2D eigenvalue weighted by atomic mass is 32.1. The van der Waals surface area contributed by atoms with Crippen LogP contribution in [-0.4, -0.2) is 37.2 Å². The zero-order chi connectivity index (χ0) is 19.7. The average Bonchev–Trinajstić information content (AvgIpc) is 3.10. The maximum atomic E-state index is 13.0. The molecule has 0 spiro atoms. The molecule has 1 aliphatic heterocycles. The second kappa shape index (κ2) is 7.70. The third-order valence-electron chi connectivity index (χ3n) is 5.22. The van der Waals surface area contributed by atoms with Crippen LogP contribution in [0.1, 0.15) is 25.7 Å². The van der Waals surface area contributed by atoms with Crippen molar-refractivity contribution in [2.75, 3.05) is 18.5 Å². The fraction of sp³-hybridized carbons (Fsp3) is 0.217. The number of anilines is 1. The summed E-state index contributed by atoms with van der Waals surface area (Å²) in [5.41, 5.74) is 10.6. The van der Waals surface area contributed by atoms with Gasteiger partial charge >= 0.3 is 0 Å². The number of nitrogens with two attached hydrogens (primary N) is 1. The molecular formula is C23H23N3OS. The number of aryl methyl sites for hydroxylation is 1. The van der Waals surface area contributed by atoms with Crippen LogP contribution in [0.2, 0.25) is 0 Å². The van der Waals surface area contributed by atoms with Crippen molar-refractivity contribution < 1.29 is 4.79 Å². The van der Waals surface area contributed by atoms with E-state index < -0.39 is 6.04 Å². The van der Waals surface area contributed by atoms with E-state index in [1.165, 1.54) is 11.3 Å². The number of thiophene rings is 1. The molecule has 2 unspecified atom stereocenters. The van der Waals surface area contributed by atoms with Crippen LogP contribution < -0.4 is 10.6 Å². The van der Waals surface area contributed by atoms with Gasteiger partial charge in [-0.2, -0.15) is 0 Å². The number of Topliss-reactive ketones (excluding diaryl/α,β-unsaturated/α-hetero) is 1. The van der Waals surface area contributed by atoms with Gasteiger partial charge in [0.2, 0.25) is 0 Å². The van der Waals surface area contributed by atoms with Crippen LogP contribution in [0.15, 0.2) is 71.7 Å². The van der Waals surface area contributed by atoms with Gasteiger partial charge in [0.1, 0.15) is 0 Å². The predicted octanol–water partition coefficient (Wildman–Crippen LogP) is 3.92. The lowest BCUT2D eigenvalue weighted by Crippen LogP contribution is -2.52. The molecule has 3 aromatic rings. The van der Waals surface area contributed by atoms with E-state index in [2.05, 4.69) is 29.2 Å². The van der Waals surface area contributed by atoms with E-state index in [9.17, 15) is 4.79 Å². The van der Waals surface area contributed by atoms with E-state index in [1.807, 2.05) is 56.4 Å². The fourth-order valence-electron chi connectivity index (χ4n) is 3.66. The summed E-state index contributed by atoms with van der Waals surface area (Å²) >= 11 is 1.49. The number of benzene rings is 2. The summed E-state index contributed by atoms with van der Waals surface area (Å²) in [5.74, 6) is -0.0224. The Morgan fingerprint density at radius 2 is 1.82 bits per heavy atom. The van der Waals surface area contributed by atoms with Gasteiger partial charge in [0, 0.05) is 28.7 Å². The molecule has 0 aliphatic carbocycles. The molecule has 0 bridgehead atoms. The second-order valence-electron chi connectivity index (χ2n) is 7.05. The molecule has 1 aliphatic rings. The fourth-order valence-corrected chi connectivity index (χ4v) is 4.51. The maximum absolute atomic E-state index is 13.0. The van der Waals surface area contributed by atoms with Crippen molar-refractivity contribution in [1.82, 2.24) is 0 Å². The molecule has 4 rings (SSSR count). The van der Waals surface area contributed by atoms with Crippen molar-refractivity contribution in [3.05, 3.63) is 87.6 Å². The van der Waals surface area contributed by atoms with Crippen LogP contribution >= 0.6 is 11.3 Å². The third-order valence-corrected chi connectivity index (χ3v) is 6.24. The molecule has 142 valence electrons. The predicted molar refractivity (Wildman–Crippen MR) is 117 cm³/mol. The van der Waals surface area contributed by atoms with Crippen molar-refractivity contribution >= 4 is 28.5 Å². The molecule has 0 fully saturated rings. The summed E-state index contributed by atoms with van der Waals surface area (Å²) in [7, 11) is 2.00. The number of para-hydroxylation sites is 1. The lowest BCUT2D eigenvalue weighted by atomic mass is 9.99. The van der Waals surface area contributed by atoms with Crippen LogP contribution in [-0.2, 0) is 0 Å². The largest absolute Gasteiger partial charge is 0.367 e. The number of aliphatic imine (C=N–C) groups is 1. The molecule has 2 aromatic carbocycles. The van der Waals surface area contributed by atoms with Crippen LogP contribution in [0.4, 0.5) is 5.69 Å². The molecule has 2 N–H and O–H groups in total. The Hall–Kier alpha value is -2.76. The molecule has 1 aromatic heterocycles. The van der Waals surface area contributed by atoms with E-state index in [4.69, 9.17) is 10.7 Å². The second-order valence-corrected chi connectivity index (χ2v) is 8.34. The van der Waals surface area contributed by atoms with E-state index in [-0.39, 0.29) is 11.8 Å². The number of carbonyl (C=O) groups is 1. The molecule has 0 radical (unpaired) electrons. The first-order chi connectivity index (χ1) is 13.6. The van der Waals surface area contributed by atoms with Gasteiger partial charge in [-0.15, -0.1) is 11.3 Å². The monoisotopic (exact) mass is 389 g/mol. The van der Waals surface area contributed by atoms with E-state index in [0.717, 1.165) is 27.4 Å². The molecular weight excluding hydrogens is 366 g/mol. The number of fused-ring (bicyclic) bond motifs is 1. The maximum Gasteiger partial charge on any atom is 0.191 e. The summed E-state index contributed by atoms with van der Waals surface area (Å²) in [4.78, 5) is 21.8. The van der Waals surface area contributed by atoms with Crippen molar-refractivity contribution in [2.24, 2.45) is 10.7 Å². The van der Waals surface area contributed by atoms with Crippen LogP contribution in [0.5, 0.6) is 0 Å². The molecule has 2 atom stereocenters. The van der Waals surface area contributed by atoms with Gasteiger partial charge in [0.25, 0.3) is 0 Å². The lowest BCUT2D eigenvalue weighted by Gasteiger charge is -2.32. The summed E-state index contributed by atoms with van der Waals surface area (Å²) < 4.78 is 0. The van der Waals surface area contributed by atoms with Gasteiger partial charge < -0.3 is 10.6 Å². The zero-order valence-corrected chi connectivity index (χ0v) is 16.8. The Morgan fingerprint density at radius 3 is 2.54 bits per heavy atom. The smallest absolute Gasteiger partial charge is 0.191 e. The number of rotatable bonds is 4. The van der Waals surface area contributed by atoms with E-state index in [0.29, 0.717) is 11.4 Å². The molecule has 0 saturated carbocycles. The number of hydrogen-bond acceptors (Lipinski definition) is 5. The van der Waals surface area contributed by atoms with Crippen molar-refractivity contribution in [2.45, 2.75) is 19.0 Å². The average molecular weight is 390 g/mol. The Bertz CT molecular complexity index is 1030. The molecule has 5 heteroatoms. The van der Waals surface area contributed by atoms with Gasteiger partial charge in [-0.3, -0.25) is 9.79 Å². The first kappa shape index (κ1) is 18.6. The standard InChI is InChI=1S/C23H23N3OS/c1-15-12-13-20(28-15)23(27)21(24)19-14-25-22(16-8-4-3-5-9-16)17-10-6-7-11-18(17)26(19)2/h3-13,19,21H,14,24H2,1-2H3. The zero-order valence-electron chi connectivity index (χ0n) is 16.0. The molecule has 28 heavy (non-hydrogen) atoms. The number of likely N-dealkylation sites (N-methyl/N-ethyl adjacent to an activating group) is 1. The first-order valence-electron chi connectivity index (χ1n) is 9.34. The molecule has 0 amide bonds. The topological polar surface area (TPSA) is 58.7 Å². The number of hydrogen-bond donors (Lipinski definition) is 1. The van der Waals surface area contributed by atoms with Gasteiger partial charge in [-0.05, 0) is 25.1 Å². The van der Waals surface area contributed by atoms with Gasteiger partial charge in [0.15, 0.2) is 5.78 Å². The summed E-state index contributed by atoms with van der Waals surface area (Å²) in [6.45, 7) is 2.46. The van der Waals surface area contributed by atoms with E-state index in [1.54, 1.807) is 0 Å². The summed E-state index contributed by atoms with van der Waals surface area (Å²) in [6.07, 6.45) is 0. The van der Waals surface area contributed by atoms with Crippen molar-refractivity contribution in [3.8, 4) is 0 Å². The van der Waals surface area contributed by atoms with Gasteiger partial charge in [-0.25, -0.2) is 0 Å².